The number of hydrogen-bond acceptors (Lipinski definition) is 2. The molecule has 0 fully saturated rings. The van der Waals surface area contributed by atoms with Crippen LogP contribution in [0.25, 0.3) is 0 Å². The normalized spacial score (nSPS) is 15.1. The molecule has 1 aliphatic heterocycles. The first-order chi connectivity index (χ1) is 19.3. The maximum atomic E-state index is 2.65. The molecule has 2 heteroatoms. The number of nitrogens with zero attached hydrogens (tertiary/aromatic N) is 2. The predicted octanol–water partition coefficient (Wildman–Crippen LogP) is 12.0. The molecule has 1 aromatic rings. The lowest BCUT2D eigenvalue weighted by molar-refractivity contribution is 0.132. The van der Waals surface area contributed by atoms with Gasteiger partial charge in [0.15, 0.2) is 0 Å². The first-order valence-electron chi connectivity index (χ1n) is 17.6. The van der Waals surface area contributed by atoms with Crippen LogP contribution in [0.3, 0.4) is 0 Å². The van der Waals surface area contributed by atoms with Crippen molar-refractivity contribution in [3.8, 4) is 0 Å². The lowest BCUT2D eigenvalue weighted by Crippen LogP contribution is -2.38. The summed E-state index contributed by atoms with van der Waals surface area (Å²) in [4.78, 5) is 5.24. The fraction of sp³-hybridized carbons (Fsp3) is 0.784. The van der Waals surface area contributed by atoms with Crippen LogP contribution in [0.4, 0.5) is 0 Å². The molecule has 2 nitrogen and oxygen atoms in total. The smallest absolute Gasteiger partial charge is 0.101 e. The minimum Gasteiger partial charge on any atom is -0.356 e. The molecule has 39 heavy (non-hydrogen) atoms. The SMILES string of the molecule is CCCCCCCCCCCCCCCCCCCC1N(CCCCCCCC)C=CN1Cc1ccccc1. The average Bonchev–Trinajstić information content (AvgIpc) is 3.33. The second-order valence-electron chi connectivity index (χ2n) is 12.4. The van der Waals surface area contributed by atoms with E-state index in [1.54, 1.807) is 0 Å². The fourth-order valence-corrected chi connectivity index (χ4v) is 6.19. The zero-order chi connectivity index (χ0) is 27.6. The molecule has 0 amide bonds. The quantitative estimate of drug-likeness (QED) is 0.103. The lowest BCUT2D eigenvalue weighted by Gasteiger charge is -2.33. The van der Waals surface area contributed by atoms with Gasteiger partial charge in [0.05, 0.1) is 0 Å². The van der Waals surface area contributed by atoms with Gasteiger partial charge in [-0.2, -0.15) is 0 Å². The number of benzene rings is 1. The molecule has 1 atom stereocenters. The Labute approximate surface area is 245 Å². The summed E-state index contributed by atoms with van der Waals surface area (Å²) < 4.78 is 0. The number of hydrogen-bond donors (Lipinski definition) is 0. The molecule has 224 valence electrons. The largest absolute Gasteiger partial charge is 0.356 e. The van der Waals surface area contributed by atoms with Crippen molar-refractivity contribution >= 4 is 0 Å². The summed E-state index contributed by atoms with van der Waals surface area (Å²) in [7, 11) is 0. The van der Waals surface area contributed by atoms with E-state index >= 15 is 0 Å². The third kappa shape index (κ3) is 17.1. The van der Waals surface area contributed by atoms with Gasteiger partial charge < -0.3 is 9.80 Å². The Kier molecular flexibility index (Phi) is 21.1. The highest BCUT2D eigenvalue weighted by Gasteiger charge is 2.25. The van der Waals surface area contributed by atoms with Gasteiger partial charge in [0.25, 0.3) is 0 Å². The zero-order valence-corrected chi connectivity index (χ0v) is 26.4. The van der Waals surface area contributed by atoms with Gasteiger partial charge in [-0.05, 0) is 24.8 Å². The Morgan fingerprint density at radius 3 is 1.36 bits per heavy atom. The fourth-order valence-electron chi connectivity index (χ4n) is 6.19. The van der Waals surface area contributed by atoms with Crippen LogP contribution in [0.2, 0.25) is 0 Å². The molecule has 0 spiro atoms. The van der Waals surface area contributed by atoms with Crippen molar-refractivity contribution in [2.45, 2.75) is 181 Å². The van der Waals surface area contributed by atoms with Gasteiger partial charge in [-0.1, -0.05) is 179 Å². The summed E-state index contributed by atoms with van der Waals surface area (Å²) in [6.07, 6.45) is 39.4. The van der Waals surface area contributed by atoms with E-state index in [4.69, 9.17) is 0 Å². The van der Waals surface area contributed by atoms with Gasteiger partial charge in [0.2, 0.25) is 0 Å². The highest BCUT2D eigenvalue weighted by molar-refractivity contribution is 5.16. The molecule has 1 aliphatic rings. The first-order valence-corrected chi connectivity index (χ1v) is 17.6. The highest BCUT2D eigenvalue weighted by Crippen LogP contribution is 2.25. The van der Waals surface area contributed by atoms with Crippen LogP contribution < -0.4 is 0 Å². The molecule has 0 bridgehead atoms. The van der Waals surface area contributed by atoms with Crippen LogP contribution >= 0.6 is 0 Å². The molecule has 0 saturated heterocycles. The average molecular weight is 539 g/mol. The Morgan fingerprint density at radius 2 is 0.872 bits per heavy atom. The third-order valence-electron chi connectivity index (χ3n) is 8.76. The van der Waals surface area contributed by atoms with E-state index in [9.17, 15) is 0 Å². The minimum absolute atomic E-state index is 0.553. The molecule has 1 aromatic carbocycles. The second kappa shape index (κ2) is 24.4. The summed E-state index contributed by atoms with van der Waals surface area (Å²) in [5.41, 5.74) is 1.43. The molecule has 0 radical (unpaired) electrons. The Bertz CT molecular complexity index is 669. The monoisotopic (exact) mass is 539 g/mol. The zero-order valence-electron chi connectivity index (χ0n) is 26.4. The second-order valence-corrected chi connectivity index (χ2v) is 12.4. The topological polar surface area (TPSA) is 6.48 Å². The third-order valence-corrected chi connectivity index (χ3v) is 8.76. The first kappa shape index (κ1) is 33.8. The van der Waals surface area contributed by atoms with Gasteiger partial charge in [-0.15, -0.1) is 0 Å². The van der Waals surface area contributed by atoms with E-state index in [1.165, 1.54) is 166 Å². The van der Waals surface area contributed by atoms with Crippen LogP contribution in [0.5, 0.6) is 0 Å². The standard InChI is InChI=1S/C37H66N2/c1-3-5-7-9-11-12-13-14-15-16-17-18-19-20-21-22-27-31-37-38(32-28-23-10-8-6-4-2)33-34-39(37)35-36-29-25-24-26-30-36/h24-26,29-30,33-34,37H,3-23,27-28,31-32,35H2,1-2H3. The molecule has 1 unspecified atom stereocenters. The van der Waals surface area contributed by atoms with Crippen LogP contribution in [-0.4, -0.2) is 22.5 Å². The van der Waals surface area contributed by atoms with E-state index in [0.29, 0.717) is 6.17 Å². The van der Waals surface area contributed by atoms with Gasteiger partial charge in [-0.3, -0.25) is 0 Å². The van der Waals surface area contributed by atoms with Gasteiger partial charge in [-0.25, -0.2) is 0 Å². The maximum Gasteiger partial charge on any atom is 0.101 e. The number of rotatable bonds is 27. The van der Waals surface area contributed by atoms with Crippen molar-refractivity contribution in [3.63, 3.8) is 0 Å². The van der Waals surface area contributed by atoms with Gasteiger partial charge in [0.1, 0.15) is 6.17 Å². The van der Waals surface area contributed by atoms with Crippen molar-refractivity contribution in [3.05, 3.63) is 48.3 Å². The molecular formula is C37H66N2. The van der Waals surface area contributed by atoms with Crippen molar-refractivity contribution in [2.75, 3.05) is 6.54 Å². The van der Waals surface area contributed by atoms with Crippen LogP contribution in [0, 0.1) is 0 Å². The minimum atomic E-state index is 0.553. The van der Waals surface area contributed by atoms with E-state index < -0.39 is 0 Å². The van der Waals surface area contributed by atoms with Crippen molar-refractivity contribution in [1.29, 1.82) is 0 Å². The molecule has 0 aromatic heterocycles. The molecule has 0 aliphatic carbocycles. The van der Waals surface area contributed by atoms with Crippen molar-refractivity contribution in [1.82, 2.24) is 9.80 Å². The molecule has 0 saturated carbocycles. The summed E-state index contributed by atoms with van der Waals surface area (Å²) >= 11 is 0. The van der Waals surface area contributed by atoms with E-state index in [-0.39, 0.29) is 0 Å². The Morgan fingerprint density at radius 1 is 0.462 bits per heavy atom. The Balaban J connectivity index is 1.52. The number of unbranched alkanes of at least 4 members (excludes halogenated alkanes) is 21. The molecule has 1 heterocycles. The van der Waals surface area contributed by atoms with Crippen LogP contribution in [0.1, 0.15) is 174 Å². The lowest BCUT2D eigenvalue weighted by atomic mass is 10.0. The highest BCUT2D eigenvalue weighted by atomic mass is 15.4. The van der Waals surface area contributed by atoms with Crippen molar-refractivity contribution < 1.29 is 0 Å². The van der Waals surface area contributed by atoms with Crippen LogP contribution in [-0.2, 0) is 6.54 Å². The summed E-state index contributed by atoms with van der Waals surface area (Å²) in [6.45, 7) is 6.87. The molecular weight excluding hydrogens is 472 g/mol. The Hall–Kier alpha value is -1.44. The van der Waals surface area contributed by atoms with E-state index in [1.807, 2.05) is 0 Å². The maximum absolute atomic E-state index is 2.65. The van der Waals surface area contributed by atoms with E-state index in [0.717, 1.165) is 6.54 Å². The predicted molar refractivity (Wildman–Crippen MR) is 174 cm³/mol. The summed E-state index contributed by atoms with van der Waals surface area (Å²) in [5.74, 6) is 0. The summed E-state index contributed by atoms with van der Waals surface area (Å²) in [6, 6.07) is 11.0. The van der Waals surface area contributed by atoms with Gasteiger partial charge in [0, 0.05) is 25.5 Å². The van der Waals surface area contributed by atoms with E-state index in [2.05, 4.69) is 66.4 Å². The molecule has 2 rings (SSSR count). The summed E-state index contributed by atoms with van der Waals surface area (Å²) in [5, 5.41) is 0. The van der Waals surface area contributed by atoms with Crippen molar-refractivity contribution in [2.24, 2.45) is 0 Å². The van der Waals surface area contributed by atoms with Crippen LogP contribution in [0.15, 0.2) is 42.7 Å². The van der Waals surface area contributed by atoms with Gasteiger partial charge >= 0.3 is 0 Å². The molecule has 0 N–H and O–H groups in total.